The molecule has 0 aromatic heterocycles. The molecule has 0 amide bonds. The van der Waals surface area contributed by atoms with E-state index in [2.05, 4.69) is 5.32 Å². The maximum absolute atomic E-state index is 10.7. The first-order valence-corrected chi connectivity index (χ1v) is 5.88. The van der Waals surface area contributed by atoms with E-state index in [-0.39, 0.29) is 11.8 Å². The third-order valence-electron chi connectivity index (χ3n) is 3.42. The fraction of sp³-hybridized carbons (Fsp3) is 0.909. The normalized spacial score (nSPS) is 27.1. The molecule has 2 N–H and O–H groups in total. The Balaban J connectivity index is 1.78. The molecule has 2 fully saturated rings. The van der Waals surface area contributed by atoms with Crippen LogP contribution in [0, 0.1) is 0 Å². The summed E-state index contributed by atoms with van der Waals surface area (Å²) in [5.41, 5.74) is 0. The highest BCUT2D eigenvalue weighted by Gasteiger charge is 2.40. The van der Waals surface area contributed by atoms with Crippen molar-refractivity contribution in [2.45, 2.75) is 50.5 Å². The highest BCUT2D eigenvalue weighted by Crippen LogP contribution is 2.35. The zero-order valence-electron chi connectivity index (χ0n) is 9.57. The van der Waals surface area contributed by atoms with E-state index >= 15 is 0 Å². The van der Waals surface area contributed by atoms with Gasteiger partial charge in [0.25, 0.3) is 0 Å². The van der Waals surface area contributed by atoms with Crippen molar-refractivity contribution in [1.29, 1.82) is 0 Å². The van der Waals surface area contributed by atoms with E-state index in [0.717, 1.165) is 25.7 Å². The molecule has 0 aromatic rings. The highest BCUT2D eigenvalue weighted by atomic mass is 16.7. The summed E-state index contributed by atoms with van der Waals surface area (Å²) in [6.07, 6.45) is 3.54. The van der Waals surface area contributed by atoms with Crippen molar-refractivity contribution in [2.24, 2.45) is 0 Å². The second-order valence-electron chi connectivity index (χ2n) is 4.61. The third-order valence-corrected chi connectivity index (χ3v) is 3.42. The van der Waals surface area contributed by atoms with Gasteiger partial charge in [0.2, 0.25) is 0 Å². The van der Waals surface area contributed by atoms with E-state index in [4.69, 9.17) is 14.6 Å². The Hall–Kier alpha value is -0.650. The van der Waals surface area contributed by atoms with Crippen molar-refractivity contribution < 1.29 is 19.4 Å². The second kappa shape index (κ2) is 4.69. The van der Waals surface area contributed by atoms with Crippen LogP contribution in [-0.2, 0) is 14.3 Å². The number of carboxylic acids is 1. The van der Waals surface area contributed by atoms with Gasteiger partial charge in [-0.15, -0.1) is 0 Å². The lowest BCUT2D eigenvalue weighted by atomic mass is 9.89. The smallest absolute Gasteiger partial charge is 0.320 e. The van der Waals surface area contributed by atoms with Gasteiger partial charge in [0.05, 0.1) is 13.2 Å². The van der Waals surface area contributed by atoms with Crippen LogP contribution in [0.5, 0.6) is 0 Å². The minimum absolute atomic E-state index is 0.268. The molecule has 2 rings (SSSR count). The number of rotatable bonds is 3. The summed E-state index contributed by atoms with van der Waals surface area (Å²) in [7, 11) is 0. The van der Waals surface area contributed by atoms with Crippen molar-refractivity contribution in [3.8, 4) is 0 Å². The predicted octanol–water partition coefficient (Wildman–Crippen LogP) is 0.735. The van der Waals surface area contributed by atoms with Crippen LogP contribution in [0.15, 0.2) is 0 Å². The summed E-state index contributed by atoms with van der Waals surface area (Å²) in [5, 5.41) is 11.9. The second-order valence-corrected chi connectivity index (χ2v) is 4.61. The molecule has 0 aromatic carbocycles. The zero-order valence-corrected chi connectivity index (χ0v) is 9.57. The quantitative estimate of drug-likeness (QED) is 0.747. The number of hydrogen-bond donors (Lipinski definition) is 2. The van der Waals surface area contributed by atoms with Crippen LogP contribution in [0.2, 0.25) is 0 Å². The lowest BCUT2D eigenvalue weighted by Gasteiger charge is -2.36. The van der Waals surface area contributed by atoms with Gasteiger partial charge >= 0.3 is 5.97 Å². The molecular formula is C11H19NO4. The fourth-order valence-corrected chi connectivity index (χ4v) is 2.43. The van der Waals surface area contributed by atoms with Crippen LogP contribution in [0.1, 0.15) is 32.6 Å². The molecular weight excluding hydrogens is 210 g/mol. The molecule has 1 saturated heterocycles. The van der Waals surface area contributed by atoms with Gasteiger partial charge in [-0.2, -0.15) is 0 Å². The van der Waals surface area contributed by atoms with Crippen molar-refractivity contribution in [1.82, 2.24) is 5.32 Å². The Kier molecular flexibility index (Phi) is 3.47. The SMILES string of the molecule is CC(NC1CCC2(CC1)OCCO2)C(=O)O. The van der Waals surface area contributed by atoms with E-state index in [1.165, 1.54) is 0 Å². The van der Waals surface area contributed by atoms with E-state index in [1.807, 2.05) is 0 Å². The molecule has 5 nitrogen and oxygen atoms in total. The van der Waals surface area contributed by atoms with Crippen LogP contribution in [0.4, 0.5) is 0 Å². The summed E-state index contributed by atoms with van der Waals surface area (Å²) >= 11 is 0. The van der Waals surface area contributed by atoms with Gasteiger partial charge in [-0.25, -0.2) is 0 Å². The van der Waals surface area contributed by atoms with Gasteiger partial charge in [-0.3, -0.25) is 4.79 Å². The molecule has 1 unspecified atom stereocenters. The number of ether oxygens (including phenoxy) is 2. The fourth-order valence-electron chi connectivity index (χ4n) is 2.43. The van der Waals surface area contributed by atoms with E-state index in [9.17, 15) is 4.79 Å². The van der Waals surface area contributed by atoms with Crippen LogP contribution < -0.4 is 5.32 Å². The number of nitrogens with one attached hydrogen (secondary N) is 1. The van der Waals surface area contributed by atoms with Crippen molar-refractivity contribution in [3.05, 3.63) is 0 Å². The average molecular weight is 229 g/mol. The average Bonchev–Trinajstić information content (AvgIpc) is 2.70. The molecule has 1 heterocycles. The minimum Gasteiger partial charge on any atom is -0.480 e. The molecule has 1 saturated carbocycles. The number of carboxylic acid groups (broad SMARTS) is 1. The van der Waals surface area contributed by atoms with Crippen LogP contribution in [0.25, 0.3) is 0 Å². The van der Waals surface area contributed by atoms with E-state index in [1.54, 1.807) is 6.92 Å². The Morgan fingerprint density at radius 3 is 2.44 bits per heavy atom. The van der Waals surface area contributed by atoms with E-state index in [0.29, 0.717) is 13.2 Å². The van der Waals surface area contributed by atoms with Crippen molar-refractivity contribution in [2.75, 3.05) is 13.2 Å². The van der Waals surface area contributed by atoms with Gasteiger partial charge in [0.15, 0.2) is 5.79 Å². The van der Waals surface area contributed by atoms with Crippen LogP contribution >= 0.6 is 0 Å². The summed E-state index contributed by atoms with van der Waals surface area (Å²) in [5.74, 6) is -1.15. The van der Waals surface area contributed by atoms with Crippen molar-refractivity contribution >= 4 is 5.97 Å². The number of hydrogen-bond acceptors (Lipinski definition) is 4. The summed E-state index contributed by atoms with van der Waals surface area (Å²) < 4.78 is 11.2. The van der Waals surface area contributed by atoms with Crippen molar-refractivity contribution in [3.63, 3.8) is 0 Å². The number of aliphatic carboxylic acids is 1. The Labute approximate surface area is 95.1 Å². The third kappa shape index (κ3) is 2.53. The summed E-state index contributed by atoms with van der Waals surface area (Å²) in [6.45, 7) is 3.04. The van der Waals surface area contributed by atoms with Crippen LogP contribution in [-0.4, -0.2) is 42.2 Å². The molecule has 1 atom stereocenters. The highest BCUT2D eigenvalue weighted by molar-refractivity contribution is 5.72. The van der Waals surface area contributed by atoms with E-state index < -0.39 is 12.0 Å². The minimum atomic E-state index is -0.798. The standard InChI is InChI=1S/C11H19NO4/c1-8(10(13)14)12-9-2-4-11(5-3-9)15-6-7-16-11/h8-9,12H,2-7H2,1H3,(H,13,14). The molecule has 1 spiro atoms. The zero-order chi connectivity index (χ0) is 11.6. The van der Waals surface area contributed by atoms with Gasteiger partial charge in [0.1, 0.15) is 6.04 Å². The monoisotopic (exact) mass is 229 g/mol. The first-order valence-electron chi connectivity index (χ1n) is 5.88. The maximum Gasteiger partial charge on any atom is 0.320 e. The maximum atomic E-state index is 10.7. The Morgan fingerprint density at radius 2 is 1.94 bits per heavy atom. The largest absolute Gasteiger partial charge is 0.480 e. The van der Waals surface area contributed by atoms with Gasteiger partial charge in [-0.1, -0.05) is 0 Å². The molecule has 5 heteroatoms. The van der Waals surface area contributed by atoms with Gasteiger partial charge < -0.3 is 19.9 Å². The molecule has 0 radical (unpaired) electrons. The molecule has 92 valence electrons. The first kappa shape index (κ1) is 11.8. The topological polar surface area (TPSA) is 67.8 Å². The molecule has 1 aliphatic heterocycles. The molecule has 16 heavy (non-hydrogen) atoms. The lowest BCUT2D eigenvalue weighted by molar-refractivity contribution is -0.179. The molecule has 1 aliphatic carbocycles. The molecule has 0 bridgehead atoms. The number of carbonyl (C=O) groups is 1. The van der Waals surface area contributed by atoms with Gasteiger partial charge in [0, 0.05) is 18.9 Å². The van der Waals surface area contributed by atoms with Gasteiger partial charge in [-0.05, 0) is 19.8 Å². The molecule has 2 aliphatic rings. The summed E-state index contributed by atoms with van der Waals surface area (Å²) in [6, 6.07) is -0.214. The van der Waals surface area contributed by atoms with Crippen LogP contribution in [0.3, 0.4) is 0 Å². The lowest BCUT2D eigenvalue weighted by Crippen LogP contribution is -2.46. The summed E-state index contributed by atoms with van der Waals surface area (Å²) in [4.78, 5) is 10.7. The Morgan fingerprint density at radius 1 is 1.38 bits per heavy atom. The predicted molar refractivity (Wildman–Crippen MR) is 57.1 cm³/mol. The first-order chi connectivity index (χ1) is 7.61. The Bertz CT molecular complexity index is 253.